The summed E-state index contributed by atoms with van der Waals surface area (Å²) in [5.74, 6) is -3.93. The molecule has 4 heterocycles. The minimum Gasteiger partial charge on any atom is -0.508 e. The number of ketones is 1. The van der Waals surface area contributed by atoms with Crippen LogP contribution in [0.1, 0.15) is 69.2 Å². The van der Waals surface area contributed by atoms with Crippen LogP contribution in [0.5, 0.6) is 5.75 Å². The Balaban J connectivity index is 1.64. The highest BCUT2D eigenvalue weighted by molar-refractivity contribution is 5.97. The van der Waals surface area contributed by atoms with E-state index in [2.05, 4.69) is 0 Å². The van der Waals surface area contributed by atoms with Gasteiger partial charge in [-0.25, -0.2) is 4.98 Å². The number of aryl methyl sites for hydroxylation is 1. The van der Waals surface area contributed by atoms with Gasteiger partial charge in [-0.05, 0) is 60.6 Å². The first kappa shape index (κ1) is 30.2. The van der Waals surface area contributed by atoms with Gasteiger partial charge in [-0.15, -0.1) is 0 Å². The number of ether oxygens (including phenoxy) is 1. The molecule has 2 N–H and O–H groups in total. The van der Waals surface area contributed by atoms with E-state index in [0.29, 0.717) is 23.3 Å². The second-order valence-electron chi connectivity index (χ2n) is 11.6. The number of rotatable bonds is 8. The van der Waals surface area contributed by atoms with Crippen molar-refractivity contribution in [1.29, 1.82) is 0 Å². The van der Waals surface area contributed by atoms with Crippen molar-refractivity contribution in [2.24, 2.45) is 5.92 Å². The number of halogens is 3. The van der Waals surface area contributed by atoms with Gasteiger partial charge in [0.1, 0.15) is 17.8 Å². The maximum Gasteiger partial charge on any atom is 0.471 e. The van der Waals surface area contributed by atoms with Crippen molar-refractivity contribution in [1.82, 2.24) is 14.9 Å². The number of Topliss-reactive ketones (excluding diaryl/α,β-unsaturated/α-hetero) is 1. The summed E-state index contributed by atoms with van der Waals surface area (Å²) in [6.45, 7) is 6.89. The Morgan fingerprint density at radius 2 is 1.88 bits per heavy atom. The van der Waals surface area contributed by atoms with Crippen LogP contribution in [-0.4, -0.2) is 44.5 Å². The van der Waals surface area contributed by atoms with Gasteiger partial charge >= 0.3 is 18.1 Å². The zero-order valence-corrected chi connectivity index (χ0v) is 24.2. The molecule has 0 saturated heterocycles. The molecule has 5 rings (SSSR count). The van der Waals surface area contributed by atoms with Gasteiger partial charge in [0.25, 0.3) is 5.56 Å². The summed E-state index contributed by atoms with van der Waals surface area (Å²) in [6.07, 6.45) is -5.21. The minimum atomic E-state index is -5.19. The third-order valence-electron chi connectivity index (χ3n) is 8.49. The van der Waals surface area contributed by atoms with E-state index in [1.807, 2.05) is 6.92 Å². The molecule has 2 atom stereocenters. The van der Waals surface area contributed by atoms with Crippen LogP contribution >= 0.6 is 0 Å². The Morgan fingerprint density at radius 3 is 2.51 bits per heavy atom. The minimum absolute atomic E-state index is 0.0204. The van der Waals surface area contributed by atoms with Gasteiger partial charge in [-0.3, -0.25) is 19.2 Å². The Bertz CT molecular complexity index is 1730. The van der Waals surface area contributed by atoms with E-state index in [9.17, 15) is 37.5 Å². The van der Waals surface area contributed by atoms with Crippen molar-refractivity contribution < 1.29 is 37.4 Å². The molecule has 1 aromatic carbocycles. The first-order valence-corrected chi connectivity index (χ1v) is 14.2. The second-order valence-corrected chi connectivity index (χ2v) is 11.6. The number of hydrogen-bond donors (Lipinski definition) is 2. The normalized spacial score (nSPS) is 18.2. The molecule has 0 radical (unpaired) electrons. The van der Waals surface area contributed by atoms with Gasteiger partial charge in [-0.1, -0.05) is 27.7 Å². The number of hydrogen-bond acceptors (Lipinski definition) is 7. The monoisotopic (exact) mass is 599 g/mol. The maximum atomic E-state index is 13.9. The standard InChI is InChI=1S/C31H32F3N3O6/c1-5-17-18-10-16(38)7-8-22(18)35-26-19(17)13-37-24(26)11-21-20(27(37)40)14-43-29(42)30(21,6-2)12-25(39)23(9-15(3)4)36-28(41)31(32,33)34/h7-8,10-11,15,23,38H,5-6,9,12-14H2,1-4H3,(H,36,41)/t23?,30-/m0/s1. The molecule has 0 aliphatic carbocycles. The summed E-state index contributed by atoms with van der Waals surface area (Å²) >= 11 is 0. The highest BCUT2D eigenvalue weighted by Gasteiger charge is 2.50. The number of cyclic esters (lactones) is 1. The smallest absolute Gasteiger partial charge is 0.471 e. The van der Waals surface area contributed by atoms with Gasteiger partial charge in [-0.2, -0.15) is 13.2 Å². The molecule has 1 unspecified atom stereocenters. The van der Waals surface area contributed by atoms with E-state index in [-0.39, 0.29) is 48.8 Å². The number of benzene rings is 1. The molecule has 1 amide bonds. The van der Waals surface area contributed by atoms with Gasteiger partial charge in [0.05, 0.1) is 35.1 Å². The summed E-state index contributed by atoms with van der Waals surface area (Å²) in [7, 11) is 0. The number of phenolic OH excluding ortho intramolecular Hbond substituents is 1. The number of nitrogens with one attached hydrogen (secondary N) is 1. The number of pyridine rings is 2. The number of aromatic nitrogens is 2. The van der Waals surface area contributed by atoms with Crippen molar-refractivity contribution >= 4 is 28.6 Å². The van der Waals surface area contributed by atoms with Crippen molar-refractivity contribution in [3.63, 3.8) is 0 Å². The Kier molecular flexibility index (Phi) is 7.60. The van der Waals surface area contributed by atoms with E-state index >= 15 is 0 Å². The number of amides is 1. The van der Waals surface area contributed by atoms with E-state index in [4.69, 9.17) is 9.72 Å². The van der Waals surface area contributed by atoms with Crippen LogP contribution in [0.4, 0.5) is 13.2 Å². The highest BCUT2D eigenvalue weighted by atomic mass is 19.4. The summed E-state index contributed by atoms with van der Waals surface area (Å²) in [5.41, 5.74) is 1.71. The fourth-order valence-corrected chi connectivity index (χ4v) is 6.33. The summed E-state index contributed by atoms with van der Waals surface area (Å²) in [6, 6.07) is 5.00. The number of aromatic hydroxyl groups is 1. The molecule has 0 bridgehead atoms. The number of phenols is 1. The lowest BCUT2D eigenvalue weighted by Crippen LogP contribution is -2.51. The third-order valence-corrected chi connectivity index (χ3v) is 8.49. The predicted octanol–water partition coefficient (Wildman–Crippen LogP) is 4.45. The van der Waals surface area contributed by atoms with E-state index < -0.39 is 47.3 Å². The van der Waals surface area contributed by atoms with Gasteiger partial charge in [0, 0.05) is 17.4 Å². The fourth-order valence-electron chi connectivity index (χ4n) is 6.33. The average molecular weight is 600 g/mol. The number of carbonyl (C=O) groups is 3. The SMILES string of the molecule is CCc1c2c(nc3ccc(O)cc13)-c1cc3c(c(=O)n1C2)COC(=O)[C@@]3(CC)CC(=O)C(CC(C)C)NC(=O)C(F)(F)F. The number of alkyl halides is 3. The van der Waals surface area contributed by atoms with Gasteiger partial charge < -0.3 is 19.7 Å². The zero-order chi connectivity index (χ0) is 31.4. The second kappa shape index (κ2) is 10.8. The molecular weight excluding hydrogens is 567 g/mol. The molecule has 12 heteroatoms. The van der Waals surface area contributed by atoms with Crippen molar-refractivity contribution in [3.8, 4) is 17.1 Å². The van der Waals surface area contributed by atoms with E-state index in [1.54, 1.807) is 48.9 Å². The molecule has 228 valence electrons. The molecule has 0 saturated carbocycles. The molecule has 2 aromatic heterocycles. The Labute approximate surface area is 245 Å². The largest absolute Gasteiger partial charge is 0.508 e. The number of nitrogens with zero attached hydrogens (tertiary/aromatic N) is 2. The van der Waals surface area contributed by atoms with Gasteiger partial charge in [0.15, 0.2) is 5.78 Å². The van der Waals surface area contributed by atoms with Crippen LogP contribution < -0.4 is 10.9 Å². The molecule has 0 fully saturated rings. The van der Waals surface area contributed by atoms with Crippen molar-refractivity contribution in [3.05, 3.63) is 56.9 Å². The van der Waals surface area contributed by atoms with Crippen LogP contribution in [0.25, 0.3) is 22.3 Å². The average Bonchev–Trinajstić information content (AvgIpc) is 3.30. The molecule has 2 aliphatic heterocycles. The van der Waals surface area contributed by atoms with Crippen LogP contribution in [0.3, 0.4) is 0 Å². The van der Waals surface area contributed by atoms with Crippen LogP contribution in [-0.2, 0) is 44.1 Å². The first-order valence-electron chi connectivity index (χ1n) is 14.2. The maximum absolute atomic E-state index is 13.9. The molecule has 43 heavy (non-hydrogen) atoms. The van der Waals surface area contributed by atoms with E-state index in [0.717, 1.165) is 16.5 Å². The fraction of sp³-hybridized carbons (Fsp3) is 0.452. The molecule has 2 aliphatic rings. The van der Waals surface area contributed by atoms with Crippen LogP contribution in [0, 0.1) is 5.92 Å². The third kappa shape index (κ3) is 5.06. The van der Waals surface area contributed by atoms with Crippen molar-refractivity contribution in [2.75, 3.05) is 0 Å². The topological polar surface area (TPSA) is 128 Å². The molecule has 9 nitrogen and oxygen atoms in total. The number of fused-ring (bicyclic) bond motifs is 5. The van der Waals surface area contributed by atoms with Gasteiger partial charge in [0.2, 0.25) is 0 Å². The Hall–Kier alpha value is -4.22. The molecule has 3 aromatic rings. The Morgan fingerprint density at radius 1 is 1.16 bits per heavy atom. The first-order chi connectivity index (χ1) is 20.2. The van der Waals surface area contributed by atoms with E-state index in [1.165, 1.54) is 6.07 Å². The quantitative estimate of drug-likeness (QED) is 0.287. The molecular formula is C31H32F3N3O6. The van der Waals surface area contributed by atoms with Crippen LogP contribution in [0.2, 0.25) is 0 Å². The number of carbonyl (C=O) groups excluding carboxylic acids is 3. The summed E-state index contributed by atoms with van der Waals surface area (Å²) in [4.78, 5) is 57.5. The van der Waals surface area contributed by atoms with Crippen LogP contribution in [0.15, 0.2) is 29.1 Å². The van der Waals surface area contributed by atoms with Crippen molar-refractivity contribution in [2.45, 2.75) is 84.2 Å². The summed E-state index contributed by atoms with van der Waals surface area (Å²) < 4.78 is 46.2. The predicted molar refractivity (Wildman–Crippen MR) is 150 cm³/mol. The number of esters is 1. The molecule has 0 spiro atoms. The lowest BCUT2D eigenvalue weighted by Gasteiger charge is -2.37. The highest BCUT2D eigenvalue weighted by Crippen LogP contribution is 2.43. The summed E-state index contributed by atoms with van der Waals surface area (Å²) in [5, 5.41) is 12.6. The lowest BCUT2D eigenvalue weighted by molar-refractivity contribution is -0.175. The zero-order valence-electron chi connectivity index (χ0n) is 24.2. The lowest BCUT2D eigenvalue weighted by atomic mass is 9.70.